The molecule has 0 bridgehead atoms. The molecule has 0 aliphatic rings. The van der Waals surface area contributed by atoms with E-state index in [1.54, 1.807) is 13.3 Å². The summed E-state index contributed by atoms with van der Waals surface area (Å²) in [4.78, 5) is 8.54. The molecule has 0 fully saturated rings. The van der Waals surface area contributed by atoms with Crippen LogP contribution < -0.4 is 5.32 Å². The highest BCUT2D eigenvalue weighted by atomic mass is 79.9. The molecule has 0 amide bonds. The third kappa shape index (κ3) is 2.42. The third-order valence-electron chi connectivity index (χ3n) is 1.94. The van der Waals surface area contributed by atoms with Gasteiger partial charge in [0.25, 0.3) is 0 Å². The fourth-order valence-electron chi connectivity index (χ4n) is 1.17. The number of methoxy groups -OCH3 is 1. The van der Waals surface area contributed by atoms with Crippen molar-refractivity contribution in [3.05, 3.63) is 16.5 Å². The summed E-state index contributed by atoms with van der Waals surface area (Å²) in [5.74, 6) is 1.49. The summed E-state index contributed by atoms with van der Waals surface area (Å²) < 4.78 is 6.11. The van der Waals surface area contributed by atoms with Gasteiger partial charge in [-0.2, -0.15) is 0 Å². The maximum atomic E-state index is 5.26. The first-order valence-electron chi connectivity index (χ1n) is 4.45. The van der Waals surface area contributed by atoms with Gasteiger partial charge in [0.05, 0.1) is 4.47 Å². The highest BCUT2D eigenvalue weighted by Crippen LogP contribution is 2.22. The molecule has 1 aromatic rings. The SMILES string of the molecule is CCC(OC)c1ncc(Br)c(NC)n1. The van der Waals surface area contributed by atoms with Crippen LogP contribution >= 0.6 is 15.9 Å². The van der Waals surface area contributed by atoms with Gasteiger partial charge in [-0.15, -0.1) is 0 Å². The molecule has 0 radical (unpaired) electrons. The average Bonchev–Trinajstić information content (AvgIpc) is 2.22. The summed E-state index contributed by atoms with van der Waals surface area (Å²) in [5, 5.41) is 2.99. The van der Waals surface area contributed by atoms with Gasteiger partial charge in [-0.25, -0.2) is 9.97 Å². The van der Waals surface area contributed by atoms with Gasteiger partial charge < -0.3 is 10.1 Å². The van der Waals surface area contributed by atoms with Crippen LogP contribution in [0.4, 0.5) is 5.82 Å². The Morgan fingerprint density at radius 1 is 1.64 bits per heavy atom. The summed E-state index contributed by atoms with van der Waals surface area (Å²) in [6.07, 6.45) is 2.56. The van der Waals surface area contributed by atoms with Crippen molar-refractivity contribution >= 4 is 21.7 Å². The summed E-state index contributed by atoms with van der Waals surface area (Å²) in [6, 6.07) is 0. The Balaban J connectivity index is 2.98. The molecule has 0 saturated carbocycles. The third-order valence-corrected chi connectivity index (χ3v) is 2.52. The predicted molar refractivity (Wildman–Crippen MR) is 59.3 cm³/mol. The summed E-state index contributed by atoms with van der Waals surface area (Å²) >= 11 is 3.36. The Bertz CT molecular complexity index is 302. The van der Waals surface area contributed by atoms with Crippen molar-refractivity contribution in [1.29, 1.82) is 0 Å². The van der Waals surface area contributed by atoms with Crippen LogP contribution in [0.1, 0.15) is 25.3 Å². The van der Waals surface area contributed by atoms with Crippen molar-refractivity contribution in [3.63, 3.8) is 0 Å². The molecular formula is C9H14BrN3O. The van der Waals surface area contributed by atoms with E-state index in [4.69, 9.17) is 4.74 Å². The fourth-order valence-corrected chi connectivity index (χ4v) is 1.56. The minimum absolute atomic E-state index is 0.0322. The molecule has 14 heavy (non-hydrogen) atoms. The van der Waals surface area contributed by atoms with Crippen LogP contribution in [-0.2, 0) is 4.74 Å². The van der Waals surface area contributed by atoms with E-state index in [1.165, 1.54) is 0 Å². The van der Waals surface area contributed by atoms with Crippen LogP contribution in [0, 0.1) is 0 Å². The van der Waals surface area contributed by atoms with Gasteiger partial charge in [-0.05, 0) is 22.4 Å². The molecule has 5 heteroatoms. The van der Waals surface area contributed by atoms with Crippen molar-refractivity contribution in [2.45, 2.75) is 19.4 Å². The molecule has 1 aromatic heterocycles. The number of ether oxygens (including phenoxy) is 1. The molecule has 4 nitrogen and oxygen atoms in total. The van der Waals surface area contributed by atoms with E-state index in [0.717, 1.165) is 16.7 Å². The molecule has 0 aromatic carbocycles. The van der Waals surface area contributed by atoms with Crippen LogP contribution in [0.2, 0.25) is 0 Å². The zero-order valence-electron chi connectivity index (χ0n) is 8.54. The van der Waals surface area contributed by atoms with Crippen LogP contribution in [0.15, 0.2) is 10.7 Å². The van der Waals surface area contributed by atoms with E-state index >= 15 is 0 Å². The van der Waals surface area contributed by atoms with E-state index in [2.05, 4.69) is 31.2 Å². The number of anilines is 1. The molecule has 1 rings (SSSR count). The second kappa shape index (κ2) is 5.26. The largest absolute Gasteiger partial charge is 0.373 e. The van der Waals surface area contributed by atoms with Crippen LogP contribution in [0.5, 0.6) is 0 Å². The quantitative estimate of drug-likeness (QED) is 0.902. The van der Waals surface area contributed by atoms with E-state index in [9.17, 15) is 0 Å². The first kappa shape index (κ1) is 11.4. The number of nitrogens with zero attached hydrogens (tertiary/aromatic N) is 2. The second-order valence-electron chi connectivity index (χ2n) is 2.81. The number of rotatable bonds is 4. The van der Waals surface area contributed by atoms with Gasteiger partial charge in [-0.1, -0.05) is 6.92 Å². The van der Waals surface area contributed by atoms with E-state index in [-0.39, 0.29) is 6.10 Å². The lowest BCUT2D eigenvalue weighted by atomic mass is 10.2. The van der Waals surface area contributed by atoms with Crippen molar-refractivity contribution in [1.82, 2.24) is 9.97 Å². The predicted octanol–water partition coefficient (Wildman–Crippen LogP) is 2.38. The molecule has 1 N–H and O–H groups in total. The Hall–Kier alpha value is -0.680. The fraction of sp³-hybridized carbons (Fsp3) is 0.556. The Morgan fingerprint density at radius 3 is 2.86 bits per heavy atom. The Morgan fingerprint density at radius 2 is 2.36 bits per heavy atom. The number of hydrogen-bond acceptors (Lipinski definition) is 4. The first-order valence-corrected chi connectivity index (χ1v) is 5.25. The maximum Gasteiger partial charge on any atom is 0.159 e. The van der Waals surface area contributed by atoms with E-state index < -0.39 is 0 Å². The molecular weight excluding hydrogens is 246 g/mol. The molecule has 0 spiro atoms. The molecule has 0 saturated heterocycles. The smallest absolute Gasteiger partial charge is 0.159 e. The summed E-state index contributed by atoms with van der Waals surface area (Å²) in [7, 11) is 3.49. The first-order chi connectivity index (χ1) is 6.72. The lowest BCUT2D eigenvalue weighted by Crippen LogP contribution is -2.07. The van der Waals surface area contributed by atoms with Crippen molar-refractivity contribution in [2.24, 2.45) is 0 Å². The molecule has 1 heterocycles. The zero-order chi connectivity index (χ0) is 10.6. The second-order valence-corrected chi connectivity index (χ2v) is 3.66. The van der Waals surface area contributed by atoms with Gasteiger partial charge in [0.1, 0.15) is 11.9 Å². The minimum atomic E-state index is -0.0322. The highest BCUT2D eigenvalue weighted by Gasteiger charge is 2.12. The topological polar surface area (TPSA) is 47.0 Å². The zero-order valence-corrected chi connectivity index (χ0v) is 10.1. The highest BCUT2D eigenvalue weighted by molar-refractivity contribution is 9.10. The van der Waals surface area contributed by atoms with Crippen LogP contribution in [-0.4, -0.2) is 24.1 Å². The van der Waals surface area contributed by atoms with Crippen molar-refractivity contribution in [2.75, 3.05) is 19.5 Å². The average molecular weight is 260 g/mol. The van der Waals surface area contributed by atoms with Crippen molar-refractivity contribution < 1.29 is 4.74 Å². The maximum absolute atomic E-state index is 5.26. The molecule has 1 unspecified atom stereocenters. The number of nitrogens with one attached hydrogen (secondary N) is 1. The Kier molecular flexibility index (Phi) is 4.28. The lowest BCUT2D eigenvalue weighted by Gasteiger charge is -2.12. The van der Waals surface area contributed by atoms with Gasteiger partial charge >= 0.3 is 0 Å². The number of hydrogen-bond donors (Lipinski definition) is 1. The van der Waals surface area contributed by atoms with Gasteiger partial charge in [0, 0.05) is 20.4 Å². The van der Waals surface area contributed by atoms with Gasteiger partial charge in [-0.3, -0.25) is 0 Å². The lowest BCUT2D eigenvalue weighted by molar-refractivity contribution is 0.0926. The number of halogens is 1. The molecule has 0 aliphatic carbocycles. The summed E-state index contributed by atoms with van der Waals surface area (Å²) in [5.41, 5.74) is 0. The summed E-state index contributed by atoms with van der Waals surface area (Å²) in [6.45, 7) is 2.04. The molecule has 0 aliphatic heterocycles. The normalized spacial score (nSPS) is 12.6. The molecule has 1 atom stereocenters. The minimum Gasteiger partial charge on any atom is -0.373 e. The molecule has 78 valence electrons. The van der Waals surface area contributed by atoms with Crippen molar-refractivity contribution in [3.8, 4) is 0 Å². The van der Waals surface area contributed by atoms with E-state index in [1.807, 2.05) is 14.0 Å². The van der Waals surface area contributed by atoms with Crippen LogP contribution in [0.3, 0.4) is 0 Å². The number of aromatic nitrogens is 2. The Labute approximate surface area is 92.2 Å². The van der Waals surface area contributed by atoms with Gasteiger partial charge in [0.2, 0.25) is 0 Å². The monoisotopic (exact) mass is 259 g/mol. The van der Waals surface area contributed by atoms with Gasteiger partial charge in [0.15, 0.2) is 5.82 Å². The van der Waals surface area contributed by atoms with E-state index in [0.29, 0.717) is 5.82 Å². The standard InChI is InChI=1S/C9H14BrN3O/c1-4-7(14-3)9-12-5-6(10)8(11-2)13-9/h5,7H,4H2,1-3H3,(H,11,12,13). The van der Waals surface area contributed by atoms with Crippen LogP contribution in [0.25, 0.3) is 0 Å².